The molecule has 134 valence electrons. The van der Waals surface area contributed by atoms with Gasteiger partial charge in [0.05, 0.1) is 7.11 Å². The van der Waals surface area contributed by atoms with Crippen molar-refractivity contribution in [1.82, 2.24) is 20.0 Å². The van der Waals surface area contributed by atoms with Crippen LogP contribution in [0.1, 0.15) is 37.0 Å². The third-order valence-corrected chi connectivity index (χ3v) is 4.20. The normalized spacial score (nSPS) is 15.4. The van der Waals surface area contributed by atoms with Gasteiger partial charge in [0.2, 0.25) is 5.88 Å². The summed E-state index contributed by atoms with van der Waals surface area (Å²) >= 11 is 0. The lowest BCUT2D eigenvalue weighted by Gasteiger charge is -2.34. The van der Waals surface area contributed by atoms with Crippen molar-refractivity contribution in [3.8, 4) is 5.88 Å². The number of hydrogen-bond donors (Lipinski definition) is 0. The summed E-state index contributed by atoms with van der Waals surface area (Å²) in [5.74, 6) is 1.94. The molecule has 3 heterocycles. The summed E-state index contributed by atoms with van der Waals surface area (Å²) in [6.07, 6.45) is 1.48. The van der Waals surface area contributed by atoms with Gasteiger partial charge in [0.25, 0.3) is 5.91 Å². The minimum absolute atomic E-state index is 0.0980. The zero-order valence-corrected chi connectivity index (χ0v) is 15.0. The molecule has 1 aliphatic heterocycles. The summed E-state index contributed by atoms with van der Waals surface area (Å²) in [6, 6.07) is 3.54. The van der Waals surface area contributed by atoms with Gasteiger partial charge in [-0.2, -0.15) is 0 Å². The largest absolute Gasteiger partial charge is 0.481 e. The molecule has 0 unspecified atom stereocenters. The van der Waals surface area contributed by atoms with E-state index in [4.69, 9.17) is 9.26 Å². The molecule has 1 aliphatic rings. The fourth-order valence-corrected chi connectivity index (χ4v) is 2.64. The SMILES string of the molecule is COc1cc(N2CCN(C(=O)c3cc(C(C)(C)C)on3)CC2)ncn1. The third kappa shape index (κ3) is 3.72. The van der Waals surface area contributed by atoms with Crippen LogP contribution >= 0.6 is 0 Å². The first kappa shape index (κ1) is 17.2. The van der Waals surface area contributed by atoms with Crippen LogP contribution in [0.2, 0.25) is 0 Å². The molecule has 1 saturated heterocycles. The molecule has 0 atom stereocenters. The van der Waals surface area contributed by atoms with Gasteiger partial charge in [-0.15, -0.1) is 0 Å². The predicted octanol–water partition coefficient (Wildman–Crippen LogP) is 1.73. The Morgan fingerprint density at radius 2 is 1.88 bits per heavy atom. The molecular weight excluding hydrogens is 322 g/mol. The average molecular weight is 345 g/mol. The number of piperazine rings is 1. The maximum Gasteiger partial charge on any atom is 0.276 e. The van der Waals surface area contributed by atoms with Crippen molar-refractivity contribution in [1.29, 1.82) is 0 Å². The van der Waals surface area contributed by atoms with Crippen molar-refractivity contribution >= 4 is 11.7 Å². The van der Waals surface area contributed by atoms with Crippen LogP contribution in [0.25, 0.3) is 0 Å². The van der Waals surface area contributed by atoms with E-state index < -0.39 is 0 Å². The van der Waals surface area contributed by atoms with Gasteiger partial charge in [-0.3, -0.25) is 4.79 Å². The molecule has 0 aromatic carbocycles. The molecule has 1 fully saturated rings. The van der Waals surface area contributed by atoms with Crippen molar-refractivity contribution < 1.29 is 14.1 Å². The van der Waals surface area contributed by atoms with Gasteiger partial charge in [-0.1, -0.05) is 25.9 Å². The topological polar surface area (TPSA) is 84.6 Å². The Morgan fingerprint density at radius 3 is 2.48 bits per heavy atom. The summed E-state index contributed by atoms with van der Waals surface area (Å²) in [7, 11) is 1.58. The molecule has 25 heavy (non-hydrogen) atoms. The molecule has 8 heteroatoms. The van der Waals surface area contributed by atoms with Crippen LogP contribution in [-0.4, -0.2) is 59.2 Å². The van der Waals surface area contributed by atoms with Crippen LogP contribution in [0.3, 0.4) is 0 Å². The van der Waals surface area contributed by atoms with Crippen molar-refractivity contribution in [2.45, 2.75) is 26.2 Å². The molecule has 3 rings (SSSR count). The minimum atomic E-state index is -0.170. The number of aromatic nitrogens is 3. The number of rotatable bonds is 3. The van der Waals surface area contributed by atoms with E-state index in [0.717, 1.165) is 5.82 Å². The Bertz CT molecular complexity index is 745. The van der Waals surface area contributed by atoms with E-state index in [1.165, 1.54) is 6.33 Å². The zero-order valence-electron chi connectivity index (χ0n) is 15.0. The van der Waals surface area contributed by atoms with Gasteiger partial charge >= 0.3 is 0 Å². The molecule has 0 saturated carbocycles. The summed E-state index contributed by atoms with van der Waals surface area (Å²) in [6.45, 7) is 8.65. The predicted molar refractivity (Wildman–Crippen MR) is 91.9 cm³/mol. The molecule has 0 radical (unpaired) electrons. The van der Waals surface area contributed by atoms with Crippen molar-refractivity contribution in [2.75, 3.05) is 38.2 Å². The van der Waals surface area contributed by atoms with Crippen LogP contribution in [-0.2, 0) is 5.41 Å². The fourth-order valence-electron chi connectivity index (χ4n) is 2.64. The molecule has 0 N–H and O–H groups in total. The van der Waals surface area contributed by atoms with Crippen molar-refractivity contribution in [2.24, 2.45) is 0 Å². The number of ether oxygens (including phenoxy) is 1. The molecular formula is C17H23N5O3. The number of hydrogen-bond acceptors (Lipinski definition) is 7. The van der Waals surface area contributed by atoms with Gasteiger partial charge in [0, 0.05) is 43.7 Å². The Kier molecular flexibility index (Phi) is 4.61. The van der Waals surface area contributed by atoms with E-state index in [1.807, 2.05) is 20.8 Å². The van der Waals surface area contributed by atoms with Gasteiger partial charge in [-0.25, -0.2) is 9.97 Å². The Hall–Kier alpha value is -2.64. The summed E-state index contributed by atoms with van der Waals surface area (Å²) in [4.78, 5) is 24.8. The lowest BCUT2D eigenvalue weighted by atomic mass is 9.93. The smallest absolute Gasteiger partial charge is 0.276 e. The van der Waals surface area contributed by atoms with E-state index in [-0.39, 0.29) is 11.3 Å². The first-order chi connectivity index (χ1) is 11.9. The van der Waals surface area contributed by atoms with Gasteiger partial charge < -0.3 is 19.1 Å². The monoisotopic (exact) mass is 345 g/mol. The van der Waals surface area contributed by atoms with Crippen molar-refractivity contribution in [3.05, 3.63) is 29.9 Å². The number of anilines is 1. The maximum atomic E-state index is 12.6. The third-order valence-electron chi connectivity index (χ3n) is 4.20. The van der Waals surface area contributed by atoms with Gasteiger partial charge in [0.1, 0.15) is 17.9 Å². The number of amides is 1. The Balaban J connectivity index is 1.63. The van der Waals surface area contributed by atoms with E-state index in [0.29, 0.717) is 43.5 Å². The minimum Gasteiger partial charge on any atom is -0.481 e. The summed E-state index contributed by atoms with van der Waals surface area (Å²) in [5, 5.41) is 3.94. The highest BCUT2D eigenvalue weighted by molar-refractivity contribution is 5.92. The maximum absolute atomic E-state index is 12.6. The van der Waals surface area contributed by atoms with Crippen LogP contribution < -0.4 is 9.64 Å². The lowest BCUT2D eigenvalue weighted by Crippen LogP contribution is -2.49. The average Bonchev–Trinajstić information content (AvgIpc) is 3.12. The van der Waals surface area contributed by atoms with E-state index in [1.54, 1.807) is 24.1 Å². The van der Waals surface area contributed by atoms with Crippen LogP contribution in [0.5, 0.6) is 5.88 Å². The molecule has 0 spiro atoms. The summed E-state index contributed by atoms with van der Waals surface area (Å²) < 4.78 is 10.4. The standard InChI is InChI=1S/C17H23N5O3/c1-17(2,3)13-9-12(20-25-13)16(23)22-7-5-21(6-8-22)14-10-15(24-4)19-11-18-14/h9-11H,5-8H2,1-4H3. The van der Waals surface area contributed by atoms with Gasteiger partial charge in [-0.05, 0) is 0 Å². The van der Waals surface area contributed by atoms with Crippen LogP contribution in [0, 0.1) is 0 Å². The lowest BCUT2D eigenvalue weighted by molar-refractivity contribution is 0.0735. The quantitative estimate of drug-likeness (QED) is 0.837. The second kappa shape index (κ2) is 6.70. The highest BCUT2D eigenvalue weighted by Crippen LogP contribution is 2.23. The van der Waals surface area contributed by atoms with E-state index >= 15 is 0 Å². The second-order valence-electron chi connectivity index (χ2n) is 7.02. The molecule has 1 amide bonds. The number of nitrogens with zero attached hydrogens (tertiary/aromatic N) is 5. The Morgan fingerprint density at radius 1 is 1.16 bits per heavy atom. The highest BCUT2D eigenvalue weighted by atomic mass is 16.5. The molecule has 8 nitrogen and oxygen atoms in total. The number of carbonyl (C=O) groups excluding carboxylic acids is 1. The molecule has 0 aliphatic carbocycles. The second-order valence-corrected chi connectivity index (χ2v) is 7.02. The number of methoxy groups -OCH3 is 1. The number of carbonyl (C=O) groups is 1. The first-order valence-corrected chi connectivity index (χ1v) is 8.26. The van der Waals surface area contributed by atoms with Crippen molar-refractivity contribution in [3.63, 3.8) is 0 Å². The van der Waals surface area contributed by atoms with Gasteiger partial charge in [0.15, 0.2) is 5.69 Å². The zero-order chi connectivity index (χ0) is 18.0. The first-order valence-electron chi connectivity index (χ1n) is 8.26. The fraction of sp³-hybridized carbons (Fsp3) is 0.529. The summed E-state index contributed by atoms with van der Waals surface area (Å²) in [5.41, 5.74) is 0.193. The van der Waals surface area contributed by atoms with E-state index in [2.05, 4.69) is 20.0 Å². The highest BCUT2D eigenvalue weighted by Gasteiger charge is 2.27. The van der Waals surface area contributed by atoms with Crippen LogP contribution in [0.4, 0.5) is 5.82 Å². The van der Waals surface area contributed by atoms with E-state index in [9.17, 15) is 4.79 Å². The Labute approximate surface area is 146 Å². The molecule has 2 aromatic rings. The van der Waals surface area contributed by atoms with Crippen LogP contribution in [0.15, 0.2) is 23.0 Å². The molecule has 2 aromatic heterocycles. The molecule has 0 bridgehead atoms.